The summed E-state index contributed by atoms with van der Waals surface area (Å²) in [5.74, 6) is 0.714. The molecular formula is C17H16N4O3. The van der Waals surface area contributed by atoms with Gasteiger partial charge in [0, 0.05) is 0 Å². The van der Waals surface area contributed by atoms with Gasteiger partial charge in [0.1, 0.15) is 5.75 Å². The van der Waals surface area contributed by atoms with Gasteiger partial charge in [0.05, 0.1) is 18.1 Å². The number of para-hydroxylation sites is 3. The van der Waals surface area contributed by atoms with Gasteiger partial charge >= 0.3 is 12.1 Å². The molecule has 122 valence electrons. The van der Waals surface area contributed by atoms with Crippen LogP contribution in [0.1, 0.15) is 5.56 Å². The van der Waals surface area contributed by atoms with E-state index in [9.17, 15) is 4.79 Å². The second-order valence-electron chi connectivity index (χ2n) is 5.05. The third-order valence-electron chi connectivity index (χ3n) is 3.46. The van der Waals surface area contributed by atoms with Crippen molar-refractivity contribution >= 4 is 29.1 Å². The third kappa shape index (κ3) is 2.91. The number of nitrogens with one attached hydrogen (secondary N) is 2. The molecule has 0 saturated carbocycles. The number of methoxy groups -OCH3 is 1. The van der Waals surface area contributed by atoms with Gasteiger partial charge in [-0.3, -0.25) is 10.7 Å². The first kappa shape index (κ1) is 15.5. The number of hydrogen-bond acceptors (Lipinski definition) is 5. The predicted molar refractivity (Wildman–Crippen MR) is 90.7 cm³/mol. The van der Waals surface area contributed by atoms with Crippen LogP contribution >= 0.6 is 0 Å². The first-order valence-corrected chi connectivity index (χ1v) is 7.25. The topological polar surface area (TPSA) is 89.2 Å². The maximum Gasteiger partial charge on any atom is 0.413 e. The van der Waals surface area contributed by atoms with E-state index in [1.165, 1.54) is 11.7 Å². The van der Waals surface area contributed by atoms with Crippen molar-refractivity contribution in [2.75, 3.05) is 12.4 Å². The Bertz CT molecular complexity index is 917. The number of rotatable bonds is 2. The summed E-state index contributed by atoms with van der Waals surface area (Å²) in [6.07, 6.45) is -0.671. The molecule has 0 bridgehead atoms. The average molecular weight is 324 g/mol. The number of amides is 1. The van der Waals surface area contributed by atoms with Gasteiger partial charge in [-0.2, -0.15) is 0 Å². The molecule has 1 heterocycles. The molecule has 7 heteroatoms. The molecule has 0 aliphatic heterocycles. The van der Waals surface area contributed by atoms with Crippen LogP contribution in [0, 0.1) is 12.3 Å². The minimum absolute atomic E-state index is 0.154. The van der Waals surface area contributed by atoms with E-state index in [0.29, 0.717) is 16.8 Å². The molecule has 0 atom stereocenters. The van der Waals surface area contributed by atoms with Crippen LogP contribution in [0.5, 0.6) is 5.75 Å². The Balaban J connectivity index is 2.03. The molecule has 3 aromatic rings. The number of hydrogen-bond donors (Lipinski definition) is 2. The fourth-order valence-corrected chi connectivity index (χ4v) is 2.28. The lowest BCUT2D eigenvalue weighted by Gasteiger charge is -2.12. The molecule has 3 rings (SSSR count). The monoisotopic (exact) mass is 324 g/mol. The second kappa shape index (κ2) is 6.41. The van der Waals surface area contributed by atoms with Crippen molar-refractivity contribution in [1.82, 2.24) is 9.55 Å². The highest BCUT2D eigenvalue weighted by Crippen LogP contribution is 2.22. The first-order chi connectivity index (χ1) is 11.6. The van der Waals surface area contributed by atoms with E-state index in [1.807, 2.05) is 37.3 Å². The number of aryl methyl sites for hydroxylation is 1. The lowest BCUT2D eigenvalue weighted by atomic mass is 10.2. The molecule has 0 unspecified atom stereocenters. The van der Waals surface area contributed by atoms with Crippen molar-refractivity contribution in [1.29, 1.82) is 5.41 Å². The molecule has 0 spiro atoms. The van der Waals surface area contributed by atoms with E-state index in [4.69, 9.17) is 10.1 Å². The summed E-state index contributed by atoms with van der Waals surface area (Å²) in [7, 11) is 1.26. The van der Waals surface area contributed by atoms with Crippen molar-refractivity contribution in [3.63, 3.8) is 0 Å². The van der Waals surface area contributed by atoms with Gasteiger partial charge in [-0.1, -0.05) is 30.3 Å². The van der Waals surface area contributed by atoms with E-state index in [1.54, 1.807) is 18.2 Å². The lowest BCUT2D eigenvalue weighted by molar-refractivity contribution is 0.186. The van der Waals surface area contributed by atoms with Crippen molar-refractivity contribution in [3.8, 4) is 5.75 Å². The molecule has 0 aliphatic carbocycles. The smallest absolute Gasteiger partial charge is 0.413 e. The Hall–Kier alpha value is -3.35. The first-order valence-electron chi connectivity index (χ1n) is 7.25. The van der Waals surface area contributed by atoms with Gasteiger partial charge < -0.3 is 9.47 Å². The maximum atomic E-state index is 11.5. The highest BCUT2D eigenvalue weighted by molar-refractivity contribution is 5.95. The van der Waals surface area contributed by atoms with Gasteiger partial charge in [-0.15, -0.1) is 0 Å². The Labute approximate surface area is 138 Å². The van der Waals surface area contributed by atoms with E-state index in [2.05, 4.69) is 15.0 Å². The quantitative estimate of drug-likeness (QED) is 0.558. The van der Waals surface area contributed by atoms with Crippen molar-refractivity contribution < 1.29 is 14.3 Å². The summed E-state index contributed by atoms with van der Waals surface area (Å²) >= 11 is 0. The van der Waals surface area contributed by atoms with Crippen LogP contribution in [0.2, 0.25) is 0 Å². The third-order valence-corrected chi connectivity index (χ3v) is 3.46. The number of benzene rings is 2. The molecule has 2 aromatic carbocycles. The van der Waals surface area contributed by atoms with E-state index in [0.717, 1.165) is 5.56 Å². The molecule has 0 fully saturated rings. The number of carbonyl (C=O) groups excluding carboxylic acids is 1. The van der Waals surface area contributed by atoms with Crippen LogP contribution in [0.4, 0.5) is 10.7 Å². The standard InChI is InChI=1S/C17H16N4O3/c1-11-7-3-6-10-14(11)24-15(18)21-13-9-5-4-8-12(13)19-16(21)20-17(22)23-2/h3-10,18H,1-2H3,(H,19,20,22). The molecule has 24 heavy (non-hydrogen) atoms. The van der Waals surface area contributed by atoms with Crippen LogP contribution in [0.25, 0.3) is 11.0 Å². The molecular weight excluding hydrogens is 308 g/mol. The summed E-state index contributed by atoms with van der Waals surface area (Å²) in [5.41, 5.74) is 2.17. The molecule has 0 radical (unpaired) electrons. The number of aromatic nitrogens is 2. The summed E-state index contributed by atoms with van der Waals surface area (Å²) in [5, 5.41) is 10.8. The fourth-order valence-electron chi connectivity index (χ4n) is 2.28. The van der Waals surface area contributed by atoms with Crippen molar-refractivity contribution in [2.24, 2.45) is 0 Å². The van der Waals surface area contributed by atoms with Crippen LogP contribution in [-0.2, 0) is 4.74 Å². The average Bonchev–Trinajstić information content (AvgIpc) is 2.94. The number of fused-ring (bicyclic) bond motifs is 1. The predicted octanol–water partition coefficient (Wildman–Crippen LogP) is 3.38. The minimum Gasteiger partial charge on any atom is -0.453 e. The Kier molecular flexibility index (Phi) is 4.15. The Morgan fingerprint density at radius 3 is 2.62 bits per heavy atom. The van der Waals surface area contributed by atoms with Gasteiger partial charge in [0.2, 0.25) is 5.95 Å². The molecule has 1 amide bonds. The van der Waals surface area contributed by atoms with Crippen molar-refractivity contribution in [2.45, 2.75) is 6.92 Å². The molecule has 0 aliphatic rings. The Morgan fingerprint density at radius 1 is 1.17 bits per heavy atom. The van der Waals surface area contributed by atoms with Crippen LogP contribution in [0.15, 0.2) is 48.5 Å². The lowest BCUT2D eigenvalue weighted by Crippen LogP contribution is -2.23. The highest BCUT2D eigenvalue weighted by Gasteiger charge is 2.18. The van der Waals surface area contributed by atoms with Gasteiger partial charge in [-0.05, 0) is 30.7 Å². The number of carbonyl (C=O) groups is 1. The van der Waals surface area contributed by atoms with Gasteiger partial charge in [-0.25, -0.2) is 14.3 Å². The molecule has 1 aromatic heterocycles. The number of anilines is 1. The largest absolute Gasteiger partial charge is 0.453 e. The van der Waals surface area contributed by atoms with E-state index in [-0.39, 0.29) is 12.0 Å². The summed E-state index contributed by atoms with van der Waals surface area (Å²) < 4.78 is 11.7. The summed E-state index contributed by atoms with van der Waals surface area (Å²) in [6, 6.07) is 14.4. The molecule has 7 nitrogen and oxygen atoms in total. The Morgan fingerprint density at radius 2 is 1.88 bits per heavy atom. The van der Waals surface area contributed by atoms with Crippen LogP contribution in [-0.4, -0.2) is 28.8 Å². The summed E-state index contributed by atoms with van der Waals surface area (Å²) in [4.78, 5) is 15.9. The zero-order chi connectivity index (χ0) is 17.1. The van der Waals surface area contributed by atoms with E-state index >= 15 is 0 Å². The van der Waals surface area contributed by atoms with Gasteiger partial charge in [0.15, 0.2) is 0 Å². The van der Waals surface area contributed by atoms with Crippen molar-refractivity contribution in [3.05, 3.63) is 54.1 Å². The normalized spacial score (nSPS) is 10.4. The zero-order valence-corrected chi connectivity index (χ0v) is 13.2. The maximum absolute atomic E-state index is 11.5. The zero-order valence-electron chi connectivity index (χ0n) is 13.2. The fraction of sp³-hybridized carbons (Fsp3) is 0.118. The number of imidazole rings is 1. The molecule has 2 N–H and O–H groups in total. The number of ether oxygens (including phenoxy) is 2. The van der Waals surface area contributed by atoms with Crippen LogP contribution in [0.3, 0.4) is 0 Å². The SMILES string of the molecule is COC(=O)Nc1nc2ccccc2n1C(=N)Oc1ccccc1C. The van der Waals surface area contributed by atoms with E-state index < -0.39 is 6.09 Å². The minimum atomic E-state index is -0.671. The van der Waals surface area contributed by atoms with Gasteiger partial charge in [0.25, 0.3) is 0 Å². The number of nitrogens with zero attached hydrogens (tertiary/aromatic N) is 2. The second-order valence-corrected chi connectivity index (χ2v) is 5.05. The highest BCUT2D eigenvalue weighted by atomic mass is 16.5. The van der Waals surface area contributed by atoms with Crippen LogP contribution < -0.4 is 10.1 Å². The summed E-state index contributed by atoms with van der Waals surface area (Å²) in [6.45, 7) is 1.89. The molecule has 0 saturated heterocycles.